The summed E-state index contributed by atoms with van der Waals surface area (Å²) in [4.78, 5) is 0. The first-order chi connectivity index (χ1) is 4.33. The Morgan fingerprint density at radius 1 is 1.11 bits per heavy atom. The van der Waals surface area contributed by atoms with Crippen molar-refractivity contribution in [3.8, 4) is 0 Å². The molecule has 2 N–H and O–H groups in total. The molecule has 0 aromatic heterocycles. The highest BCUT2D eigenvalue weighted by Gasteiger charge is 1.50. The van der Waals surface area contributed by atoms with E-state index in [1.54, 1.807) is 0 Å². The van der Waals surface area contributed by atoms with Gasteiger partial charge >= 0.3 is 0 Å². The van der Waals surface area contributed by atoms with Crippen LogP contribution in [0.15, 0.2) is 10.2 Å². The van der Waals surface area contributed by atoms with Gasteiger partial charge < -0.3 is 0 Å². The summed E-state index contributed by atoms with van der Waals surface area (Å²) in [5.74, 6) is 0. The van der Waals surface area contributed by atoms with Gasteiger partial charge in [0, 0.05) is 0 Å². The molecule has 52 valence electrons. The summed E-state index contributed by atoms with van der Waals surface area (Å²) in [6.45, 7) is 4.25. The molecular weight excluding hydrogens is 116 g/mol. The van der Waals surface area contributed by atoms with E-state index in [4.69, 9.17) is 10.8 Å². The zero-order chi connectivity index (χ0) is 7.54. The van der Waals surface area contributed by atoms with E-state index in [0.29, 0.717) is 0 Å². The van der Waals surface area contributed by atoms with Gasteiger partial charge in [0.25, 0.3) is 0 Å². The summed E-state index contributed by atoms with van der Waals surface area (Å²) in [5, 5.41) is 18.5. The largest absolute Gasteiger partial charge is 0.288 e. The number of azo groups is 1. The smallest absolute Gasteiger partial charge is 0.130 e. The second-order valence-electron chi connectivity index (χ2n) is 1.20. The predicted molar refractivity (Wildman–Crippen MR) is 38.4 cm³/mol. The number of hydrogen-bond donors (Lipinski definition) is 2. The molecule has 0 rings (SSSR count). The van der Waals surface area contributed by atoms with E-state index >= 15 is 0 Å². The third kappa shape index (κ3) is 45.0. The van der Waals surface area contributed by atoms with E-state index in [-0.39, 0.29) is 0 Å². The highest BCUT2D eigenvalue weighted by Crippen LogP contribution is 1.56. The molecule has 9 heavy (non-hydrogen) atoms. The Hall–Kier alpha value is -1.06. The molecule has 0 atom stereocenters. The zero-order valence-corrected chi connectivity index (χ0v) is 5.76. The summed E-state index contributed by atoms with van der Waals surface area (Å²) in [5.41, 5.74) is 0. The highest BCUT2D eigenvalue weighted by atomic mass is 15.1. The van der Waals surface area contributed by atoms with E-state index in [1.807, 2.05) is 0 Å². The Kier molecular flexibility index (Phi) is 19.0. The Balaban J connectivity index is 0. The number of rotatable bonds is 2. The second-order valence-corrected chi connectivity index (χ2v) is 1.20. The van der Waals surface area contributed by atoms with Gasteiger partial charge in [-0.2, -0.15) is 0 Å². The second kappa shape index (κ2) is 15.8. The topological polar surface area (TPSA) is 72.4 Å². The fraction of sp³-hybridized carbons (Fsp3) is 0.600. The summed E-state index contributed by atoms with van der Waals surface area (Å²) in [7, 11) is 0. The van der Waals surface area contributed by atoms with Crippen LogP contribution in [0, 0.1) is 10.8 Å². The normalized spacial score (nSPS) is 7.78. The first-order valence-corrected chi connectivity index (χ1v) is 2.71. The Morgan fingerprint density at radius 3 is 1.44 bits per heavy atom. The van der Waals surface area contributed by atoms with Crippen LogP contribution in [0.4, 0.5) is 0 Å². The zero-order valence-electron chi connectivity index (χ0n) is 5.76. The van der Waals surface area contributed by atoms with Crippen LogP contribution in [0.1, 0.15) is 20.3 Å². The number of nitrogens with one attached hydrogen (secondary N) is 2. The van der Waals surface area contributed by atoms with Crippen molar-refractivity contribution in [2.75, 3.05) is 0 Å². The minimum atomic E-state index is 0.769. The molecule has 0 bridgehead atoms. The van der Waals surface area contributed by atoms with Crippen molar-refractivity contribution in [3.05, 3.63) is 0 Å². The van der Waals surface area contributed by atoms with Crippen molar-refractivity contribution < 1.29 is 0 Å². The molecule has 0 aliphatic heterocycles. The number of hydrogen-bond acceptors (Lipinski definition) is 2. The van der Waals surface area contributed by atoms with Gasteiger partial charge in [-0.15, -0.1) is 10.2 Å². The quantitative estimate of drug-likeness (QED) is 0.324. The van der Waals surface area contributed by atoms with E-state index in [0.717, 1.165) is 12.7 Å². The maximum absolute atomic E-state index is 6.22. The van der Waals surface area contributed by atoms with E-state index < -0.39 is 0 Å². The lowest BCUT2D eigenvalue weighted by molar-refractivity contribution is 1.09. The lowest BCUT2D eigenvalue weighted by atomic mass is 10.6. The molecule has 0 spiro atoms. The first kappa shape index (κ1) is 10.8. The van der Waals surface area contributed by atoms with Crippen LogP contribution in [-0.2, 0) is 0 Å². The molecule has 0 unspecified atom stereocenters. The molecule has 4 nitrogen and oxygen atoms in total. The third-order valence-corrected chi connectivity index (χ3v) is 0.182. The van der Waals surface area contributed by atoms with Crippen molar-refractivity contribution in [3.63, 3.8) is 0 Å². The predicted octanol–water partition coefficient (Wildman–Crippen LogP) is 2.07. The van der Waals surface area contributed by atoms with Gasteiger partial charge in [-0.1, -0.05) is 20.3 Å². The summed E-state index contributed by atoms with van der Waals surface area (Å²) < 4.78 is 0. The maximum atomic E-state index is 6.22. The monoisotopic (exact) mass is 128 g/mol. The van der Waals surface area contributed by atoms with Crippen molar-refractivity contribution in [1.82, 2.24) is 0 Å². The van der Waals surface area contributed by atoms with Crippen molar-refractivity contribution >= 4 is 12.7 Å². The fourth-order valence-corrected chi connectivity index (χ4v) is 0.0667. The molecule has 0 saturated heterocycles. The molecule has 0 saturated carbocycles. The SMILES string of the molecule is CCC.N=CN=NC=N. The lowest BCUT2D eigenvalue weighted by Crippen LogP contribution is -1.55. The standard InChI is InChI=1S/C3H8.C2H4N4/c1-3-2;3-1-5-6-2-4/h3H2,1-2H3;1-4H. The van der Waals surface area contributed by atoms with Crippen molar-refractivity contribution in [2.45, 2.75) is 20.3 Å². The van der Waals surface area contributed by atoms with Crippen molar-refractivity contribution in [2.24, 2.45) is 10.2 Å². The van der Waals surface area contributed by atoms with Crippen LogP contribution in [0.5, 0.6) is 0 Å². The van der Waals surface area contributed by atoms with Crippen LogP contribution >= 0.6 is 0 Å². The first-order valence-electron chi connectivity index (χ1n) is 2.71. The molecule has 0 fully saturated rings. The molecule has 0 aliphatic rings. The molecule has 0 aliphatic carbocycles. The van der Waals surface area contributed by atoms with Crippen LogP contribution in [0.3, 0.4) is 0 Å². The third-order valence-electron chi connectivity index (χ3n) is 0.182. The van der Waals surface area contributed by atoms with E-state index in [2.05, 4.69) is 24.1 Å². The number of nitrogens with zero attached hydrogens (tertiary/aromatic N) is 2. The molecule has 0 heterocycles. The van der Waals surface area contributed by atoms with E-state index in [9.17, 15) is 0 Å². The van der Waals surface area contributed by atoms with Gasteiger partial charge in [-0.3, -0.25) is 10.8 Å². The highest BCUT2D eigenvalue weighted by molar-refractivity contribution is 5.55. The summed E-state index contributed by atoms with van der Waals surface area (Å²) in [6, 6.07) is 0. The Bertz CT molecular complexity index is 77.0. The van der Waals surface area contributed by atoms with Gasteiger partial charge in [0.15, 0.2) is 0 Å². The van der Waals surface area contributed by atoms with Crippen LogP contribution in [0.2, 0.25) is 0 Å². The molecule has 0 aromatic carbocycles. The Morgan fingerprint density at radius 2 is 1.33 bits per heavy atom. The molecule has 0 radical (unpaired) electrons. The fourth-order valence-electron chi connectivity index (χ4n) is 0.0667. The van der Waals surface area contributed by atoms with Gasteiger partial charge in [0.2, 0.25) is 0 Å². The van der Waals surface area contributed by atoms with Crippen LogP contribution in [0.25, 0.3) is 0 Å². The molecule has 0 amide bonds. The Labute approximate surface area is 55.0 Å². The summed E-state index contributed by atoms with van der Waals surface area (Å²) >= 11 is 0. The molecule has 0 aromatic rings. The van der Waals surface area contributed by atoms with E-state index in [1.165, 1.54) is 6.42 Å². The molecule has 4 heteroatoms. The lowest BCUT2D eigenvalue weighted by Gasteiger charge is -1.59. The van der Waals surface area contributed by atoms with Gasteiger partial charge in [0.1, 0.15) is 12.7 Å². The van der Waals surface area contributed by atoms with Crippen molar-refractivity contribution in [1.29, 1.82) is 10.8 Å². The maximum Gasteiger partial charge on any atom is 0.130 e. The van der Waals surface area contributed by atoms with Gasteiger partial charge in [-0.05, 0) is 0 Å². The van der Waals surface area contributed by atoms with Gasteiger partial charge in [0.05, 0.1) is 0 Å². The molecular formula is C5H12N4. The van der Waals surface area contributed by atoms with Crippen LogP contribution < -0.4 is 0 Å². The average molecular weight is 128 g/mol. The average Bonchev–Trinajstić information content (AvgIpc) is 1.86. The van der Waals surface area contributed by atoms with Gasteiger partial charge in [-0.25, -0.2) is 0 Å². The summed E-state index contributed by atoms with van der Waals surface area (Å²) in [6.07, 6.45) is 2.79. The minimum Gasteiger partial charge on any atom is -0.288 e. The van der Waals surface area contributed by atoms with Crippen LogP contribution in [-0.4, -0.2) is 12.7 Å². The minimum absolute atomic E-state index is 0.769.